The van der Waals surface area contributed by atoms with Crippen molar-refractivity contribution >= 4 is 24.3 Å². The van der Waals surface area contributed by atoms with Crippen LogP contribution in [0.2, 0.25) is 0 Å². The van der Waals surface area contributed by atoms with Gasteiger partial charge in [0, 0.05) is 0 Å². The Morgan fingerprint density at radius 1 is 1.44 bits per heavy atom. The van der Waals surface area contributed by atoms with Crippen molar-refractivity contribution in [2.75, 3.05) is 0 Å². The number of hydrogen-bond donors (Lipinski definition) is 4. The summed E-state index contributed by atoms with van der Waals surface area (Å²) in [5, 5.41) is 9.56. The lowest BCUT2D eigenvalue weighted by Gasteiger charge is -2.18. The largest absolute Gasteiger partial charge is 0.370 e. The predicted octanol–water partition coefficient (Wildman–Crippen LogP) is 1.17. The molecule has 0 bridgehead atoms. The van der Waals surface area contributed by atoms with Crippen LogP contribution in [0.5, 0.6) is 0 Å². The van der Waals surface area contributed by atoms with Gasteiger partial charge in [0.2, 0.25) is 0 Å². The number of guanidine groups is 2. The van der Waals surface area contributed by atoms with Crippen molar-refractivity contribution in [2.45, 2.75) is 45.1 Å². The van der Waals surface area contributed by atoms with E-state index < -0.39 is 0 Å². The Morgan fingerprint density at radius 3 is 2.44 bits per heavy atom. The highest BCUT2D eigenvalue weighted by Crippen LogP contribution is 2.30. The molecule has 16 heavy (non-hydrogen) atoms. The zero-order chi connectivity index (χ0) is 11.3. The summed E-state index contributed by atoms with van der Waals surface area (Å²) in [5.41, 5.74) is 10.8. The molecule has 1 fully saturated rings. The average Bonchev–Trinajstić information content (AvgIpc) is 2.65. The zero-order valence-electron chi connectivity index (χ0n) is 9.70. The van der Waals surface area contributed by atoms with E-state index in [9.17, 15) is 0 Å². The first-order valence-corrected chi connectivity index (χ1v) is 5.57. The maximum Gasteiger partial charge on any atom is 0.195 e. The molecule has 1 atom stereocenters. The summed E-state index contributed by atoms with van der Waals surface area (Å²) in [4.78, 5) is 4.38. The number of aliphatic imine (C=N–C) groups is 1. The minimum atomic E-state index is -0.155. The van der Waals surface area contributed by atoms with Crippen molar-refractivity contribution in [3.8, 4) is 0 Å². The lowest BCUT2D eigenvalue weighted by Crippen LogP contribution is -2.41. The topological polar surface area (TPSA) is 100 Å². The molecule has 1 aliphatic rings. The van der Waals surface area contributed by atoms with Crippen LogP contribution in [0.25, 0.3) is 0 Å². The summed E-state index contributed by atoms with van der Waals surface area (Å²) in [6.45, 7) is 2.12. The van der Waals surface area contributed by atoms with Gasteiger partial charge in [0.15, 0.2) is 11.9 Å². The first-order chi connectivity index (χ1) is 7.13. The van der Waals surface area contributed by atoms with Crippen LogP contribution in [-0.2, 0) is 0 Å². The molecular formula is C10H22ClN5. The van der Waals surface area contributed by atoms with Gasteiger partial charge in [0.1, 0.15) is 0 Å². The van der Waals surface area contributed by atoms with Crippen LogP contribution in [0.15, 0.2) is 4.99 Å². The first kappa shape index (κ1) is 15.0. The highest BCUT2D eigenvalue weighted by Gasteiger charge is 2.23. The quantitative estimate of drug-likeness (QED) is 0.445. The van der Waals surface area contributed by atoms with Gasteiger partial charge < -0.3 is 11.5 Å². The highest BCUT2D eigenvalue weighted by atomic mass is 35.5. The summed E-state index contributed by atoms with van der Waals surface area (Å²) in [6.07, 6.45) is 6.09. The third-order valence-electron chi connectivity index (χ3n) is 2.93. The molecule has 0 aromatic heterocycles. The summed E-state index contributed by atoms with van der Waals surface area (Å²) in [5.74, 6) is 0.765. The summed E-state index contributed by atoms with van der Waals surface area (Å²) in [7, 11) is 0. The van der Waals surface area contributed by atoms with E-state index in [4.69, 9.17) is 16.9 Å². The van der Waals surface area contributed by atoms with Crippen molar-refractivity contribution in [1.29, 1.82) is 5.41 Å². The van der Waals surface area contributed by atoms with Crippen LogP contribution in [0.3, 0.4) is 0 Å². The Hall–Kier alpha value is -0.970. The number of nitrogens with zero attached hydrogens (tertiary/aromatic N) is 1. The van der Waals surface area contributed by atoms with Crippen LogP contribution in [0.1, 0.15) is 39.0 Å². The molecule has 6 heteroatoms. The van der Waals surface area contributed by atoms with E-state index in [1.54, 1.807) is 0 Å². The van der Waals surface area contributed by atoms with Gasteiger partial charge in [-0.25, -0.2) is 4.99 Å². The van der Waals surface area contributed by atoms with Gasteiger partial charge in [-0.3, -0.25) is 10.7 Å². The van der Waals surface area contributed by atoms with Crippen LogP contribution in [-0.4, -0.2) is 18.0 Å². The van der Waals surface area contributed by atoms with Gasteiger partial charge in [-0.05, 0) is 25.2 Å². The fourth-order valence-corrected chi connectivity index (χ4v) is 2.22. The molecule has 0 saturated heterocycles. The minimum absolute atomic E-state index is 0. The number of halogens is 1. The van der Waals surface area contributed by atoms with Crippen LogP contribution in [0, 0.1) is 11.3 Å². The van der Waals surface area contributed by atoms with Crippen molar-refractivity contribution in [1.82, 2.24) is 5.32 Å². The van der Waals surface area contributed by atoms with E-state index in [1.807, 2.05) is 0 Å². The average molecular weight is 248 g/mol. The minimum Gasteiger partial charge on any atom is -0.370 e. The van der Waals surface area contributed by atoms with Crippen molar-refractivity contribution in [3.05, 3.63) is 0 Å². The second kappa shape index (κ2) is 7.33. The van der Waals surface area contributed by atoms with Gasteiger partial charge >= 0.3 is 0 Å². The van der Waals surface area contributed by atoms with E-state index in [1.165, 1.54) is 25.7 Å². The molecular weight excluding hydrogens is 226 g/mol. The fourth-order valence-electron chi connectivity index (χ4n) is 2.22. The lowest BCUT2D eigenvalue weighted by atomic mass is 9.97. The van der Waals surface area contributed by atoms with E-state index in [-0.39, 0.29) is 30.4 Å². The third kappa shape index (κ3) is 4.70. The summed E-state index contributed by atoms with van der Waals surface area (Å²) < 4.78 is 0. The molecule has 1 rings (SSSR count). The molecule has 1 saturated carbocycles. The Kier molecular flexibility index (Phi) is 6.88. The van der Waals surface area contributed by atoms with Gasteiger partial charge in [-0.2, -0.15) is 0 Å². The third-order valence-corrected chi connectivity index (χ3v) is 2.93. The molecule has 1 unspecified atom stereocenters. The molecule has 1 aliphatic carbocycles. The van der Waals surface area contributed by atoms with Crippen LogP contribution >= 0.6 is 12.4 Å². The van der Waals surface area contributed by atoms with E-state index >= 15 is 0 Å². The molecule has 6 N–H and O–H groups in total. The first-order valence-electron chi connectivity index (χ1n) is 5.57. The predicted molar refractivity (Wildman–Crippen MR) is 70.0 cm³/mol. The molecule has 0 aliphatic heterocycles. The van der Waals surface area contributed by atoms with E-state index in [0.29, 0.717) is 5.92 Å². The maximum atomic E-state index is 7.04. The maximum absolute atomic E-state index is 7.04. The van der Waals surface area contributed by atoms with Crippen LogP contribution < -0.4 is 16.8 Å². The highest BCUT2D eigenvalue weighted by molar-refractivity contribution is 5.95. The lowest BCUT2D eigenvalue weighted by molar-refractivity contribution is 0.423. The van der Waals surface area contributed by atoms with Gasteiger partial charge in [-0.15, -0.1) is 12.4 Å². The van der Waals surface area contributed by atoms with E-state index in [0.717, 1.165) is 6.42 Å². The second-order valence-electron chi connectivity index (χ2n) is 4.07. The molecule has 5 nitrogen and oxygen atoms in total. The van der Waals surface area contributed by atoms with E-state index in [2.05, 4.69) is 17.2 Å². The number of nitrogens with one attached hydrogen (secondary N) is 2. The molecule has 0 aromatic rings. The fraction of sp³-hybridized carbons (Fsp3) is 0.800. The van der Waals surface area contributed by atoms with Crippen molar-refractivity contribution in [3.63, 3.8) is 0 Å². The Labute approximate surface area is 103 Å². The number of hydrogen-bond acceptors (Lipinski definition) is 2. The number of nitrogens with two attached hydrogens (primary N) is 2. The Balaban J connectivity index is 0.00000225. The Bertz CT molecular complexity index is 248. The summed E-state index contributed by atoms with van der Waals surface area (Å²) >= 11 is 0. The van der Waals surface area contributed by atoms with Crippen molar-refractivity contribution < 1.29 is 0 Å². The molecule has 0 heterocycles. The smallest absolute Gasteiger partial charge is 0.195 e. The van der Waals surface area contributed by atoms with Crippen molar-refractivity contribution in [2.24, 2.45) is 22.4 Å². The van der Waals surface area contributed by atoms with Gasteiger partial charge in [0.25, 0.3) is 0 Å². The van der Waals surface area contributed by atoms with Gasteiger partial charge in [-0.1, -0.05) is 19.8 Å². The molecule has 0 spiro atoms. The molecule has 94 valence electrons. The number of rotatable bonds is 3. The van der Waals surface area contributed by atoms with Crippen LogP contribution in [0.4, 0.5) is 0 Å². The summed E-state index contributed by atoms with van der Waals surface area (Å²) in [6, 6.07) is 0.277. The van der Waals surface area contributed by atoms with Gasteiger partial charge in [0.05, 0.1) is 6.04 Å². The normalized spacial score (nSPS) is 18.9. The second-order valence-corrected chi connectivity index (χ2v) is 4.07. The molecule has 0 radical (unpaired) electrons. The standard InChI is InChI=1S/C10H21N5.ClH/c1-2-8(7-5-3-4-6-7)14-10(13)15-9(11)12;/h7-8H,2-6H2,1H3,(H6,11,12,13,14,15);1H. The zero-order valence-corrected chi connectivity index (χ0v) is 10.5. The monoisotopic (exact) mass is 247 g/mol. The molecule has 0 amide bonds. The molecule has 0 aromatic carbocycles. The SMILES string of the molecule is CCC(N=C(N)NC(=N)N)C1CCCC1.Cl. The Morgan fingerprint density at radius 2 is 2.00 bits per heavy atom.